The monoisotopic (exact) mass is 260 g/mol. The number of carboxylic acids is 1. The second kappa shape index (κ2) is 3.75. The summed E-state index contributed by atoms with van der Waals surface area (Å²) in [4.78, 5) is 10.8. The number of fused-ring (bicyclic) bond motifs is 1. The van der Waals surface area contributed by atoms with Crippen LogP contribution in [0.25, 0.3) is 0 Å². The average Bonchev–Trinajstić information content (AvgIpc) is 2.61. The van der Waals surface area contributed by atoms with Crippen LogP contribution in [-0.4, -0.2) is 19.5 Å². The van der Waals surface area contributed by atoms with Crippen LogP contribution in [-0.2, 0) is 21.9 Å². The van der Waals surface area contributed by atoms with E-state index in [1.807, 2.05) is 0 Å². The first-order valence-electron chi connectivity index (χ1n) is 4.73. The lowest BCUT2D eigenvalue weighted by atomic mass is 10.1. The van der Waals surface area contributed by atoms with E-state index in [-0.39, 0.29) is 10.5 Å². The predicted octanol–water partition coefficient (Wildman–Crippen LogP) is 1.80. The minimum absolute atomic E-state index is 0.0279. The summed E-state index contributed by atoms with van der Waals surface area (Å²) in [6.07, 6.45) is 2.17. The lowest BCUT2D eigenvalue weighted by molar-refractivity contribution is 0.0696. The third-order valence-electron chi connectivity index (χ3n) is 2.68. The molecule has 1 aromatic rings. The maximum absolute atomic E-state index is 11.3. The normalized spacial score (nSPS) is 14.8. The molecule has 0 aliphatic heterocycles. The van der Waals surface area contributed by atoms with Gasteiger partial charge in [-0.15, -0.1) is 0 Å². The summed E-state index contributed by atoms with van der Waals surface area (Å²) < 4.78 is 22.7. The molecule has 0 radical (unpaired) electrons. The van der Waals surface area contributed by atoms with Crippen molar-refractivity contribution in [3.8, 4) is 0 Å². The molecule has 0 fully saturated rings. The van der Waals surface area contributed by atoms with Crippen molar-refractivity contribution in [2.75, 3.05) is 0 Å². The Hall–Kier alpha value is -1.07. The quantitative estimate of drug-likeness (QED) is 0.823. The van der Waals surface area contributed by atoms with E-state index >= 15 is 0 Å². The van der Waals surface area contributed by atoms with Crippen LogP contribution in [0.2, 0.25) is 0 Å². The molecule has 6 heteroatoms. The Morgan fingerprint density at radius 2 is 2.00 bits per heavy atom. The largest absolute Gasteiger partial charge is 0.478 e. The summed E-state index contributed by atoms with van der Waals surface area (Å²) in [6.45, 7) is 0. The van der Waals surface area contributed by atoms with E-state index in [0.29, 0.717) is 18.4 Å². The van der Waals surface area contributed by atoms with E-state index in [1.165, 1.54) is 6.07 Å². The zero-order valence-corrected chi connectivity index (χ0v) is 9.81. The van der Waals surface area contributed by atoms with E-state index in [1.54, 1.807) is 0 Å². The first-order valence-corrected chi connectivity index (χ1v) is 7.04. The fourth-order valence-electron chi connectivity index (χ4n) is 2.01. The third kappa shape index (κ3) is 1.92. The Kier molecular flexibility index (Phi) is 2.67. The number of aryl methyl sites for hydroxylation is 1. The molecule has 0 spiro atoms. The van der Waals surface area contributed by atoms with Gasteiger partial charge in [-0.05, 0) is 42.5 Å². The lowest BCUT2D eigenvalue weighted by Crippen LogP contribution is -2.04. The minimum atomic E-state index is -3.88. The molecule has 1 aliphatic rings. The van der Waals surface area contributed by atoms with Gasteiger partial charge in [0.15, 0.2) is 0 Å². The number of aromatic carboxylic acids is 1. The number of benzene rings is 1. The number of carboxylic acid groups (broad SMARTS) is 1. The highest BCUT2D eigenvalue weighted by atomic mass is 35.7. The third-order valence-corrected chi connectivity index (χ3v) is 4.07. The van der Waals surface area contributed by atoms with E-state index in [9.17, 15) is 13.2 Å². The Morgan fingerprint density at radius 1 is 1.31 bits per heavy atom. The van der Waals surface area contributed by atoms with Crippen molar-refractivity contribution in [3.63, 3.8) is 0 Å². The number of hydrogen-bond donors (Lipinski definition) is 1. The molecular formula is C10H9ClO4S. The van der Waals surface area contributed by atoms with Gasteiger partial charge in [-0.2, -0.15) is 0 Å². The van der Waals surface area contributed by atoms with Gasteiger partial charge in [0.1, 0.15) is 0 Å². The fourth-order valence-corrected chi connectivity index (χ4v) is 3.21. The van der Waals surface area contributed by atoms with Crippen LogP contribution in [0.1, 0.15) is 27.9 Å². The highest BCUT2D eigenvalue weighted by Gasteiger charge is 2.24. The Labute approximate surface area is 97.3 Å². The molecule has 1 aromatic carbocycles. The maximum Gasteiger partial charge on any atom is 0.335 e. The lowest BCUT2D eigenvalue weighted by Gasteiger charge is -2.07. The van der Waals surface area contributed by atoms with Crippen molar-refractivity contribution >= 4 is 25.7 Å². The standard InChI is InChI=1S/C10H9ClO4S/c11-16(14,15)9-5-7(10(12)13)4-6-2-1-3-8(6)9/h4-5H,1-3H2,(H,12,13). The molecular weight excluding hydrogens is 252 g/mol. The molecule has 0 saturated carbocycles. The molecule has 0 heterocycles. The van der Waals surface area contributed by atoms with E-state index in [0.717, 1.165) is 18.1 Å². The summed E-state index contributed by atoms with van der Waals surface area (Å²) in [7, 11) is 1.42. The Morgan fingerprint density at radius 3 is 2.56 bits per heavy atom. The second-order valence-electron chi connectivity index (χ2n) is 3.71. The zero-order chi connectivity index (χ0) is 11.9. The number of rotatable bonds is 2. The van der Waals surface area contributed by atoms with Gasteiger partial charge in [-0.1, -0.05) is 0 Å². The van der Waals surface area contributed by atoms with Gasteiger partial charge in [0.2, 0.25) is 0 Å². The van der Waals surface area contributed by atoms with Crippen LogP contribution >= 0.6 is 10.7 Å². The summed E-state index contributed by atoms with van der Waals surface area (Å²) in [5.74, 6) is -1.14. The van der Waals surface area contributed by atoms with Gasteiger partial charge in [-0.3, -0.25) is 0 Å². The van der Waals surface area contributed by atoms with Gasteiger partial charge >= 0.3 is 5.97 Å². The summed E-state index contributed by atoms with van der Waals surface area (Å²) in [5.41, 5.74) is 1.42. The molecule has 0 unspecified atom stereocenters. The maximum atomic E-state index is 11.3. The number of hydrogen-bond acceptors (Lipinski definition) is 3. The molecule has 1 N–H and O–H groups in total. The van der Waals surface area contributed by atoms with E-state index in [4.69, 9.17) is 15.8 Å². The van der Waals surface area contributed by atoms with Crippen molar-refractivity contribution in [1.29, 1.82) is 0 Å². The second-order valence-corrected chi connectivity index (χ2v) is 6.24. The van der Waals surface area contributed by atoms with Gasteiger partial charge in [-0.25, -0.2) is 13.2 Å². The van der Waals surface area contributed by atoms with Gasteiger partial charge in [0.05, 0.1) is 10.5 Å². The van der Waals surface area contributed by atoms with Crippen LogP contribution in [0.3, 0.4) is 0 Å². The zero-order valence-electron chi connectivity index (χ0n) is 8.23. The Balaban J connectivity index is 2.73. The molecule has 4 nitrogen and oxygen atoms in total. The fraction of sp³-hybridized carbons (Fsp3) is 0.300. The molecule has 0 bridgehead atoms. The SMILES string of the molecule is O=C(O)c1cc2c(c(S(=O)(=O)Cl)c1)CCC2. The molecule has 16 heavy (non-hydrogen) atoms. The molecule has 0 aromatic heterocycles. The molecule has 0 amide bonds. The van der Waals surface area contributed by atoms with Crippen molar-refractivity contribution in [1.82, 2.24) is 0 Å². The average molecular weight is 261 g/mol. The van der Waals surface area contributed by atoms with Crippen molar-refractivity contribution < 1.29 is 18.3 Å². The molecule has 0 atom stereocenters. The molecule has 1 aliphatic carbocycles. The minimum Gasteiger partial charge on any atom is -0.478 e. The van der Waals surface area contributed by atoms with E-state index in [2.05, 4.69) is 0 Å². The Bertz CT molecular complexity index is 562. The van der Waals surface area contributed by atoms with Crippen molar-refractivity contribution in [2.45, 2.75) is 24.2 Å². The van der Waals surface area contributed by atoms with Gasteiger partial charge in [0, 0.05) is 10.7 Å². The molecule has 86 valence electrons. The highest BCUT2D eigenvalue weighted by Crippen LogP contribution is 2.31. The highest BCUT2D eigenvalue weighted by molar-refractivity contribution is 8.13. The summed E-state index contributed by atoms with van der Waals surface area (Å²) in [5, 5.41) is 8.87. The smallest absolute Gasteiger partial charge is 0.335 e. The van der Waals surface area contributed by atoms with Crippen LogP contribution in [0.4, 0.5) is 0 Å². The van der Waals surface area contributed by atoms with Gasteiger partial charge < -0.3 is 5.11 Å². The van der Waals surface area contributed by atoms with Crippen molar-refractivity contribution in [2.24, 2.45) is 0 Å². The number of carbonyl (C=O) groups is 1. The first kappa shape index (κ1) is 11.4. The molecule has 0 saturated heterocycles. The van der Waals surface area contributed by atoms with Crippen LogP contribution in [0.15, 0.2) is 17.0 Å². The molecule has 2 rings (SSSR count). The van der Waals surface area contributed by atoms with Crippen LogP contribution in [0, 0.1) is 0 Å². The summed E-state index contributed by atoms with van der Waals surface area (Å²) in [6, 6.07) is 2.66. The topological polar surface area (TPSA) is 71.4 Å². The number of halogens is 1. The van der Waals surface area contributed by atoms with E-state index < -0.39 is 15.0 Å². The van der Waals surface area contributed by atoms with Crippen LogP contribution in [0.5, 0.6) is 0 Å². The first-order chi connectivity index (χ1) is 7.39. The predicted molar refractivity (Wildman–Crippen MR) is 58.5 cm³/mol. The van der Waals surface area contributed by atoms with Gasteiger partial charge in [0.25, 0.3) is 9.05 Å². The summed E-state index contributed by atoms with van der Waals surface area (Å²) >= 11 is 0. The van der Waals surface area contributed by atoms with Crippen molar-refractivity contribution in [3.05, 3.63) is 28.8 Å². The van der Waals surface area contributed by atoms with Crippen LogP contribution < -0.4 is 0 Å².